The molecule has 0 bridgehead atoms. The molecule has 88 valence electrons. The Morgan fingerprint density at radius 1 is 1.62 bits per heavy atom. The van der Waals surface area contributed by atoms with Crippen LogP contribution in [0.5, 0.6) is 0 Å². The van der Waals surface area contributed by atoms with Gasteiger partial charge in [-0.25, -0.2) is 0 Å². The van der Waals surface area contributed by atoms with Crippen LogP contribution in [0.4, 0.5) is 0 Å². The van der Waals surface area contributed by atoms with Crippen molar-refractivity contribution in [2.45, 2.75) is 25.1 Å². The number of hydrogen-bond acceptors (Lipinski definition) is 4. The summed E-state index contributed by atoms with van der Waals surface area (Å²) in [5.41, 5.74) is 7.70. The maximum absolute atomic E-state index is 10.5. The summed E-state index contributed by atoms with van der Waals surface area (Å²) in [6.45, 7) is 2.00. The number of carboxylic acid groups (broad SMARTS) is 1. The predicted molar refractivity (Wildman–Crippen MR) is 65.4 cm³/mol. The molecule has 0 saturated carbocycles. The Bertz CT molecular complexity index is 358. The third-order valence-electron chi connectivity index (χ3n) is 2.09. The molecule has 1 heterocycles. The van der Waals surface area contributed by atoms with Crippen LogP contribution in [0.25, 0.3) is 0 Å². The van der Waals surface area contributed by atoms with Crippen molar-refractivity contribution in [3.8, 4) is 0 Å². The third-order valence-corrected chi connectivity index (χ3v) is 3.15. The Labute approximate surface area is 99.3 Å². The molecule has 0 aliphatic rings. The normalized spacial score (nSPS) is 12.4. The number of carbonyl (C=O) groups is 1. The van der Waals surface area contributed by atoms with Crippen LogP contribution < -0.4 is 5.73 Å². The van der Waals surface area contributed by atoms with Crippen molar-refractivity contribution in [1.29, 1.82) is 0 Å². The zero-order chi connectivity index (χ0) is 12.0. The fraction of sp³-hybridized carbons (Fsp3) is 0.455. The van der Waals surface area contributed by atoms with E-state index in [2.05, 4.69) is 11.1 Å². The van der Waals surface area contributed by atoms with E-state index in [1.807, 2.05) is 19.3 Å². The van der Waals surface area contributed by atoms with E-state index in [1.165, 1.54) is 0 Å². The highest BCUT2D eigenvalue weighted by Crippen LogP contribution is 2.13. The third kappa shape index (κ3) is 4.63. The zero-order valence-electron chi connectivity index (χ0n) is 9.22. The second-order valence-electron chi connectivity index (χ2n) is 3.66. The fourth-order valence-corrected chi connectivity index (χ4v) is 2.18. The number of nitrogens with two attached hydrogens (primary N) is 1. The van der Waals surface area contributed by atoms with Crippen LogP contribution in [0.15, 0.2) is 18.5 Å². The first kappa shape index (κ1) is 13.0. The van der Waals surface area contributed by atoms with Gasteiger partial charge >= 0.3 is 5.97 Å². The summed E-state index contributed by atoms with van der Waals surface area (Å²) in [5.74, 6) is 0.667. The van der Waals surface area contributed by atoms with Gasteiger partial charge in [-0.05, 0) is 30.2 Å². The van der Waals surface area contributed by atoms with Gasteiger partial charge in [0.1, 0.15) is 6.04 Å². The molecule has 16 heavy (non-hydrogen) atoms. The molecule has 1 aromatic heterocycles. The monoisotopic (exact) mass is 240 g/mol. The Morgan fingerprint density at radius 3 is 3.00 bits per heavy atom. The quantitative estimate of drug-likeness (QED) is 0.735. The second kappa shape index (κ2) is 6.50. The molecule has 0 aliphatic carbocycles. The smallest absolute Gasteiger partial charge is 0.320 e. The van der Waals surface area contributed by atoms with Gasteiger partial charge in [-0.15, -0.1) is 0 Å². The molecule has 1 aromatic rings. The molecular weight excluding hydrogens is 224 g/mol. The van der Waals surface area contributed by atoms with E-state index in [-0.39, 0.29) is 0 Å². The molecular formula is C11H16N2O2S. The van der Waals surface area contributed by atoms with Gasteiger partial charge in [0.25, 0.3) is 0 Å². The maximum atomic E-state index is 10.5. The maximum Gasteiger partial charge on any atom is 0.320 e. The molecule has 0 amide bonds. The van der Waals surface area contributed by atoms with E-state index in [1.54, 1.807) is 11.8 Å². The average molecular weight is 240 g/mol. The van der Waals surface area contributed by atoms with Crippen molar-refractivity contribution in [3.63, 3.8) is 0 Å². The highest BCUT2D eigenvalue weighted by Gasteiger charge is 2.10. The van der Waals surface area contributed by atoms with Crippen LogP contribution in [0.2, 0.25) is 0 Å². The lowest BCUT2D eigenvalue weighted by molar-refractivity contribution is -0.138. The van der Waals surface area contributed by atoms with Crippen LogP contribution in [-0.2, 0) is 10.5 Å². The Morgan fingerprint density at radius 2 is 2.38 bits per heavy atom. The topological polar surface area (TPSA) is 76.2 Å². The number of thioether (sulfide) groups is 1. The van der Waals surface area contributed by atoms with Gasteiger partial charge in [-0.3, -0.25) is 9.78 Å². The first-order chi connectivity index (χ1) is 7.59. The summed E-state index contributed by atoms with van der Waals surface area (Å²) in [6, 6.07) is 1.33. The van der Waals surface area contributed by atoms with Crippen LogP contribution in [0.3, 0.4) is 0 Å². The minimum atomic E-state index is -0.933. The molecule has 0 aromatic carbocycles. The van der Waals surface area contributed by atoms with Crippen LogP contribution in [0.1, 0.15) is 17.5 Å². The molecule has 5 heteroatoms. The largest absolute Gasteiger partial charge is 0.480 e. The van der Waals surface area contributed by atoms with E-state index in [0.717, 1.165) is 22.6 Å². The summed E-state index contributed by atoms with van der Waals surface area (Å²) >= 11 is 1.68. The molecule has 0 radical (unpaired) electrons. The van der Waals surface area contributed by atoms with E-state index in [9.17, 15) is 4.79 Å². The molecule has 0 fully saturated rings. The Hall–Kier alpha value is -1.07. The molecule has 3 N–H and O–H groups in total. The molecule has 4 nitrogen and oxygen atoms in total. The van der Waals surface area contributed by atoms with E-state index in [4.69, 9.17) is 10.8 Å². The van der Waals surface area contributed by atoms with Crippen molar-refractivity contribution in [2.24, 2.45) is 5.73 Å². The number of pyridine rings is 1. The first-order valence-electron chi connectivity index (χ1n) is 5.06. The number of aromatic nitrogens is 1. The number of aliphatic carboxylic acids is 1. The standard InChI is InChI=1S/C11H16N2O2S/c1-8-4-9(6-13-5-8)7-16-3-2-10(12)11(14)15/h4-6,10H,2-3,7,12H2,1H3,(H,14,15). The van der Waals surface area contributed by atoms with Crippen molar-refractivity contribution in [2.75, 3.05) is 5.75 Å². The highest BCUT2D eigenvalue weighted by molar-refractivity contribution is 7.98. The summed E-state index contributed by atoms with van der Waals surface area (Å²) in [7, 11) is 0. The Balaban J connectivity index is 2.23. The summed E-state index contributed by atoms with van der Waals surface area (Å²) in [5, 5.41) is 8.59. The summed E-state index contributed by atoms with van der Waals surface area (Å²) in [4.78, 5) is 14.6. The minimum absolute atomic E-state index is 0.499. The molecule has 0 saturated heterocycles. The Kier molecular flexibility index (Phi) is 5.28. The molecule has 0 spiro atoms. The van der Waals surface area contributed by atoms with Gasteiger partial charge in [0.15, 0.2) is 0 Å². The minimum Gasteiger partial charge on any atom is -0.480 e. The van der Waals surface area contributed by atoms with E-state index in [0.29, 0.717) is 6.42 Å². The van der Waals surface area contributed by atoms with Gasteiger partial charge in [0.05, 0.1) is 0 Å². The number of rotatable bonds is 6. The summed E-state index contributed by atoms with van der Waals surface area (Å²) in [6.07, 6.45) is 4.14. The van der Waals surface area contributed by atoms with Crippen molar-refractivity contribution in [3.05, 3.63) is 29.6 Å². The number of nitrogens with zero attached hydrogens (tertiary/aromatic N) is 1. The first-order valence-corrected chi connectivity index (χ1v) is 6.21. The van der Waals surface area contributed by atoms with Gasteiger partial charge < -0.3 is 10.8 Å². The highest BCUT2D eigenvalue weighted by atomic mass is 32.2. The number of hydrogen-bond donors (Lipinski definition) is 2. The van der Waals surface area contributed by atoms with Crippen molar-refractivity contribution < 1.29 is 9.90 Å². The van der Waals surface area contributed by atoms with Crippen LogP contribution >= 0.6 is 11.8 Å². The molecule has 1 atom stereocenters. The van der Waals surface area contributed by atoms with Gasteiger partial charge in [-0.1, -0.05) is 6.07 Å². The lowest BCUT2D eigenvalue weighted by atomic mass is 10.2. The fourth-order valence-electron chi connectivity index (χ4n) is 1.22. The lowest BCUT2D eigenvalue weighted by Crippen LogP contribution is -2.30. The molecule has 1 rings (SSSR count). The van der Waals surface area contributed by atoms with Gasteiger partial charge in [0, 0.05) is 18.1 Å². The molecule has 1 unspecified atom stereocenters. The van der Waals surface area contributed by atoms with E-state index < -0.39 is 12.0 Å². The van der Waals surface area contributed by atoms with Crippen molar-refractivity contribution >= 4 is 17.7 Å². The average Bonchev–Trinajstić information content (AvgIpc) is 2.24. The number of aryl methyl sites for hydroxylation is 1. The van der Waals surface area contributed by atoms with Gasteiger partial charge in [-0.2, -0.15) is 11.8 Å². The SMILES string of the molecule is Cc1cncc(CSCCC(N)C(=O)O)c1. The second-order valence-corrected chi connectivity index (χ2v) is 4.76. The van der Waals surface area contributed by atoms with Crippen molar-refractivity contribution in [1.82, 2.24) is 4.98 Å². The van der Waals surface area contributed by atoms with Crippen LogP contribution in [0, 0.1) is 6.92 Å². The molecule has 0 aliphatic heterocycles. The summed E-state index contributed by atoms with van der Waals surface area (Å²) < 4.78 is 0. The van der Waals surface area contributed by atoms with E-state index >= 15 is 0 Å². The van der Waals surface area contributed by atoms with Gasteiger partial charge in [0.2, 0.25) is 0 Å². The zero-order valence-corrected chi connectivity index (χ0v) is 10.0. The lowest BCUT2D eigenvalue weighted by Gasteiger charge is -2.06. The van der Waals surface area contributed by atoms with Crippen LogP contribution in [-0.4, -0.2) is 27.9 Å². The number of carboxylic acids is 1. The predicted octanol–water partition coefficient (Wildman–Crippen LogP) is 1.43.